The number of carbonyl (C=O) groups is 8. The summed E-state index contributed by atoms with van der Waals surface area (Å²) in [6.07, 6.45) is -3.59. The minimum absolute atomic E-state index is 0.00277. The monoisotopic (exact) mass is 1310 g/mol. The summed E-state index contributed by atoms with van der Waals surface area (Å²) in [5.41, 5.74) is -2.85. The lowest BCUT2D eigenvalue weighted by Gasteiger charge is -2.31. The number of halogens is 2. The van der Waals surface area contributed by atoms with E-state index in [1.54, 1.807) is 20.8 Å². The van der Waals surface area contributed by atoms with Gasteiger partial charge in [0.15, 0.2) is 23.0 Å². The zero-order valence-corrected chi connectivity index (χ0v) is 50.6. The summed E-state index contributed by atoms with van der Waals surface area (Å²) >= 11 is 13.8. The van der Waals surface area contributed by atoms with Crippen LogP contribution in [0.15, 0.2) is 115 Å². The van der Waals surface area contributed by atoms with Crippen molar-refractivity contribution in [2.45, 2.75) is 81.2 Å². The molecule has 0 aliphatic carbocycles. The Kier molecular flexibility index (Phi) is 17.0. The molecule has 17 bridgehead atoms. The number of amides is 8. The average molecular weight is 1310 g/mol. The number of carbonyl (C=O) groups excluding carboxylic acids is 8. The molecule has 6 aliphatic rings. The maximum absolute atomic E-state index is 15.9. The molecule has 8 amide bonds. The van der Waals surface area contributed by atoms with Crippen LogP contribution in [0.2, 0.25) is 10.0 Å². The highest BCUT2D eigenvalue weighted by Crippen LogP contribution is 2.48. The molecule has 29 heteroatoms. The van der Waals surface area contributed by atoms with Crippen LogP contribution in [-0.4, -0.2) is 108 Å². The first-order chi connectivity index (χ1) is 44.1. The van der Waals surface area contributed by atoms with E-state index in [0.29, 0.717) is 0 Å². The number of ether oxygens (including phenoxy) is 4. The van der Waals surface area contributed by atoms with E-state index in [0.717, 1.165) is 66.7 Å². The number of benzene rings is 7. The van der Waals surface area contributed by atoms with E-state index in [1.165, 1.54) is 55.6 Å². The number of phenolic OH excluding ortho intramolecular Hbond substituents is 6. The summed E-state index contributed by atoms with van der Waals surface area (Å²) in [6, 6.07) is 8.32. The molecule has 7 aromatic rings. The summed E-state index contributed by atoms with van der Waals surface area (Å²) in [6.45, 7) is 4.73. The van der Waals surface area contributed by atoms with E-state index in [2.05, 4.69) is 42.5 Å². The van der Waals surface area contributed by atoms with Gasteiger partial charge in [0.1, 0.15) is 94.2 Å². The predicted octanol–water partition coefficient (Wildman–Crippen LogP) is 6.21. The van der Waals surface area contributed by atoms with Crippen molar-refractivity contribution >= 4 is 70.6 Å². The second kappa shape index (κ2) is 24.9. The Balaban J connectivity index is 1.13. The summed E-state index contributed by atoms with van der Waals surface area (Å²) in [5, 5.41) is 101. The Morgan fingerprint density at radius 2 is 1.12 bits per heavy atom. The highest BCUT2D eigenvalue weighted by molar-refractivity contribution is 6.32. The summed E-state index contributed by atoms with van der Waals surface area (Å²) in [4.78, 5) is 119. The Morgan fingerprint density at radius 3 is 1.77 bits per heavy atom. The van der Waals surface area contributed by atoms with E-state index in [1.807, 2.05) is 0 Å². The van der Waals surface area contributed by atoms with E-state index in [-0.39, 0.29) is 83.1 Å². The third-order valence-corrected chi connectivity index (χ3v) is 15.9. The van der Waals surface area contributed by atoms with Gasteiger partial charge in [-0.1, -0.05) is 47.5 Å². The molecular formula is C64H56Cl2N8O19. The molecule has 0 saturated carbocycles. The van der Waals surface area contributed by atoms with Crippen LogP contribution in [0, 0.1) is 0 Å². The van der Waals surface area contributed by atoms with Crippen LogP contribution >= 0.6 is 23.2 Å². The second-order valence-corrected chi connectivity index (χ2v) is 23.8. The van der Waals surface area contributed by atoms with Crippen LogP contribution in [0.25, 0.3) is 11.1 Å². The maximum Gasteiger partial charge on any atom is 0.408 e. The van der Waals surface area contributed by atoms with E-state index < -0.39 is 154 Å². The molecule has 0 aromatic heterocycles. The smallest absolute Gasteiger partial charge is 0.408 e. The van der Waals surface area contributed by atoms with Crippen molar-refractivity contribution in [3.05, 3.63) is 164 Å². The molecule has 8 atom stereocenters. The van der Waals surface area contributed by atoms with Gasteiger partial charge in [0.25, 0.3) is 0 Å². The third kappa shape index (κ3) is 13.1. The van der Waals surface area contributed by atoms with Gasteiger partial charge in [0.2, 0.25) is 47.1 Å². The van der Waals surface area contributed by atoms with E-state index in [4.69, 9.17) is 42.1 Å². The normalized spacial score (nSPS) is 21.2. The van der Waals surface area contributed by atoms with Gasteiger partial charge in [-0.15, -0.1) is 0 Å². The van der Waals surface area contributed by atoms with Crippen LogP contribution in [-0.2, 0) is 44.7 Å². The molecule has 6 heterocycles. The van der Waals surface area contributed by atoms with Gasteiger partial charge >= 0.3 is 6.09 Å². The number of hydrogen-bond acceptors (Lipinski definition) is 19. The van der Waals surface area contributed by atoms with Gasteiger partial charge in [0, 0.05) is 36.7 Å². The Bertz CT molecular complexity index is 4310. The van der Waals surface area contributed by atoms with Crippen LogP contribution in [0.3, 0.4) is 0 Å². The van der Waals surface area contributed by atoms with Crippen LogP contribution in [0.4, 0.5) is 4.79 Å². The maximum atomic E-state index is 15.9. The molecule has 13 rings (SSSR count). The molecule has 480 valence electrons. The largest absolute Gasteiger partial charge is 0.508 e. The number of phenols is 6. The number of rotatable bonds is 2. The lowest BCUT2D eigenvalue weighted by atomic mass is 9.89. The van der Waals surface area contributed by atoms with Gasteiger partial charge in [0.05, 0.1) is 10.0 Å². The molecule has 0 fully saturated rings. The molecule has 0 saturated heterocycles. The molecular weight excluding hydrogens is 1260 g/mol. The van der Waals surface area contributed by atoms with Crippen molar-refractivity contribution in [2.24, 2.45) is 0 Å². The fourth-order valence-corrected chi connectivity index (χ4v) is 11.4. The number of nitrogens with one attached hydrogen (secondary N) is 8. The van der Waals surface area contributed by atoms with Crippen molar-refractivity contribution < 1.29 is 93.0 Å². The lowest BCUT2D eigenvalue weighted by Crippen LogP contribution is -2.56. The highest BCUT2D eigenvalue weighted by Gasteiger charge is 2.42. The summed E-state index contributed by atoms with van der Waals surface area (Å²) in [7, 11) is 1.21. The minimum Gasteiger partial charge on any atom is -0.508 e. The first-order valence-electron chi connectivity index (χ1n) is 28.4. The van der Waals surface area contributed by atoms with Crippen molar-refractivity contribution in [3.8, 4) is 80.1 Å². The predicted molar refractivity (Wildman–Crippen MR) is 327 cm³/mol. The average Bonchev–Trinajstić information content (AvgIpc) is 0.787. The van der Waals surface area contributed by atoms with E-state index >= 15 is 19.2 Å². The van der Waals surface area contributed by atoms with Crippen molar-refractivity contribution in [1.29, 1.82) is 0 Å². The first kappa shape index (κ1) is 63.4. The zero-order chi connectivity index (χ0) is 66.6. The van der Waals surface area contributed by atoms with Crippen LogP contribution in [0.1, 0.15) is 96.0 Å². The number of alkyl carbamates (subject to hydrolysis) is 1. The molecule has 27 nitrogen and oxygen atoms in total. The Morgan fingerprint density at radius 1 is 0.538 bits per heavy atom. The van der Waals surface area contributed by atoms with Gasteiger partial charge in [-0.25, -0.2) is 4.79 Å². The van der Waals surface area contributed by atoms with Gasteiger partial charge < -0.3 is 97.2 Å². The molecule has 93 heavy (non-hydrogen) atoms. The molecule has 0 unspecified atom stereocenters. The fraction of sp³-hybridized carbons (Fsp3) is 0.219. The fourth-order valence-electron chi connectivity index (χ4n) is 10.9. The third-order valence-electron chi connectivity index (χ3n) is 15.3. The van der Waals surface area contributed by atoms with Crippen LogP contribution in [0.5, 0.6) is 69.0 Å². The molecule has 0 spiro atoms. The number of aliphatic hydroxyl groups excluding tert-OH is 1. The molecule has 15 N–H and O–H groups in total. The van der Waals surface area contributed by atoms with Crippen molar-refractivity contribution in [1.82, 2.24) is 42.5 Å². The van der Waals surface area contributed by atoms with E-state index in [9.17, 15) is 54.9 Å². The summed E-state index contributed by atoms with van der Waals surface area (Å²) < 4.78 is 24.1. The molecule has 6 aliphatic heterocycles. The van der Waals surface area contributed by atoms with Crippen LogP contribution < -0.4 is 56.7 Å². The van der Waals surface area contributed by atoms with Crippen molar-refractivity contribution in [2.75, 3.05) is 7.05 Å². The Hall–Kier alpha value is -11.2. The number of likely N-dealkylation sites (N-methyl/N-ethyl adjacent to an activating group) is 1. The number of aliphatic hydroxyl groups is 1. The highest BCUT2D eigenvalue weighted by atomic mass is 35.5. The van der Waals surface area contributed by atoms with Gasteiger partial charge in [-0.05, 0) is 139 Å². The molecule has 0 radical (unpaired) electrons. The topological polar surface area (TPSA) is 411 Å². The van der Waals surface area contributed by atoms with Gasteiger partial charge in [-0.3, -0.25) is 33.6 Å². The van der Waals surface area contributed by atoms with Gasteiger partial charge in [-0.2, -0.15) is 0 Å². The lowest BCUT2D eigenvalue weighted by molar-refractivity contribution is -0.137. The zero-order valence-electron chi connectivity index (χ0n) is 49.1. The number of aromatic hydroxyl groups is 6. The summed E-state index contributed by atoms with van der Waals surface area (Å²) in [5.74, 6) is -14.2. The number of fused-ring (bicyclic) bond motifs is 14. The molecule has 7 aromatic carbocycles. The second-order valence-electron chi connectivity index (χ2n) is 23.0. The SMILES string of the molecule is CNC(=O)[C@H]1NC(=O)[C@H]2NC(=O)[C@H](NC(=O)[C@@H]3NC(=O)[C@H]4NC(=O)[C@@H](Cc5ccc(c(Cl)c5)Oc5cc3cc(c5O)Oc3ccc(cc3Cl)[C@H]2O)NC(=O)[C@@H](NC(=O)OC(C)(C)C)c2ccc(O)c(c2)Oc2cc(O)cc4c2)c2ccc(O)c(c2)-c2c(O)cc(O)cc21. The van der Waals surface area contributed by atoms with Crippen molar-refractivity contribution in [3.63, 3.8) is 0 Å². The quantitative estimate of drug-likeness (QED) is 0.0914. The number of hydrogen-bond donors (Lipinski definition) is 15. The standard InChI is InChI=1S/C64H56Cl2N8O19/c1-64(2,3)93-63(89)74-49-27-7-10-40(78)44(19-27)90-33-16-29(15-31(75)22-33)50-60(86)71-51-30-20-45(91-42-11-5-25(13-36(42)65)14-38(56(82)69-50)68-58(49)84)55(81)46(21-30)92-43-12-8-28(18-37(43)66)54(80)53-62(88)72-52(57(83)67-4)35-23-32(76)24-41(79)47(35)34-17-26(6-9-39(34)77)48(59(85)73-53)70-61(51)87/h5-13,15-24,38,48-54,75-81H,14H2,1-4H3,(H,67,83)(H,68,84)(H,69,82)(H,70,87)(H,71,86)(H,72,88)(H,73,85)(H,74,89)/t38-,48-,49+,50+,51-,52+,53+,54-/m1/s1. The Labute approximate surface area is 536 Å². The first-order valence-corrected chi connectivity index (χ1v) is 29.1. The minimum atomic E-state index is -2.19.